The highest BCUT2D eigenvalue weighted by molar-refractivity contribution is 7.92. The van der Waals surface area contributed by atoms with Crippen LogP contribution in [0, 0.1) is 0 Å². The number of carboxylic acids is 1. The quantitative estimate of drug-likeness (QED) is 0.164. The van der Waals surface area contributed by atoms with Crippen LogP contribution in [0.3, 0.4) is 0 Å². The Kier molecular flexibility index (Phi) is 16.1. The van der Waals surface area contributed by atoms with E-state index in [0.29, 0.717) is 12.8 Å². The molecule has 3 rings (SSSR count). The van der Waals surface area contributed by atoms with Gasteiger partial charge in [0.2, 0.25) is 10.0 Å². The van der Waals surface area contributed by atoms with E-state index in [0.717, 1.165) is 28.1 Å². The lowest BCUT2D eigenvalue weighted by atomic mass is 10.0. The minimum absolute atomic E-state index is 0.117. The summed E-state index contributed by atoms with van der Waals surface area (Å²) in [5.41, 5.74) is 2.30. The van der Waals surface area contributed by atoms with Crippen LogP contribution in [0.1, 0.15) is 64.6 Å². The van der Waals surface area contributed by atoms with Gasteiger partial charge in [0.25, 0.3) is 11.8 Å². The number of carboxylic acid groups (broad SMARTS) is 1. The third-order valence-electron chi connectivity index (χ3n) is 7.53. The van der Waals surface area contributed by atoms with Gasteiger partial charge in [0.15, 0.2) is 0 Å². The highest BCUT2D eigenvalue weighted by atomic mass is 32.2. The number of rotatable bonds is 15. The molecule has 0 spiro atoms. The minimum atomic E-state index is -5.08. The predicted molar refractivity (Wildman–Crippen MR) is 186 cm³/mol. The van der Waals surface area contributed by atoms with Gasteiger partial charge >= 0.3 is 18.1 Å². The van der Waals surface area contributed by atoms with Crippen molar-refractivity contribution in [3.05, 3.63) is 101 Å². The van der Waals surface area contributed by atoms with Gasteiger partial charge in [-0.15, -0.1) is 0 Å². The van der Waals surface area contributed by atoms with Crippen molar-refractivity contribution >= 4 is 39.5 Å². The number of ether oxygens (including phenoxy) is 1. The molecule has 0 unspecified atom stereocenters. The second-order valence-corrected chi connectivity index (χ2v) is 13.6. The van der Waals surface area contributed by atoms with E-state index in [2.05, 4.69) is 16.0 Å². The van der Waals surface area contributed by atoms with Crippen LogP contribution in [0.25, 0.3) is 0 Å². The summed E-state index contributed by atoms with van der Waals surface area (Å²) < 4.78 is 62.5. The average molecular weight is 737 g/mol. The van der Waals surface area contributed by atoms with E-state index in [4.69, 9.17) is 14.6 Å². The number of carbonyl (C=O) groups excluding carboxylic acids is 3. The van der Waals surface area contributed by atoms with Gasteiger partial charge in [-0.25, -0.2) is 13.2 Å². The number of carbonyl (C=O) groups is 4. The third kappa shape index (κ3) is 14.1. The summed E-state index contributed by atoms with van der Waals surface area (Å²) in [7, 11) is -0.986. The van der Waals surface area contributed by atoms with E-state index >= 15 is 0 Å². The molecule has 0 radical (unpaired) electrons. The topological polar surface area (TPSA) is 171 Å². The number of halogens is 3. The number of hydrogen-bond acceptors (Lipinski definition) is 8. The number of nitrogens with one attached hydrogen (secondary N) is 3. The van der Waals surface area contributed by atoms with Crippen molar-refractivity contribution in [1.82, 2.24) is 16.0 Å². The summed E-state index contributed by atoms with van der Waals surface area (Å²) in [4.78, 5) is 48.3. The third-order valence-corrected chi connectivity index (χ3v) is 8.73. The smallest absolute Gasteiger partial charge is 0.475 e. The van der Waals surface area contributed by atoms with E-state index < -0.39 is 46.1 Å². The number of methoxy groups -OCH3 is 1. The van der Waals surface area contributed by atoms with Crippen molar-refractivity contribution in [3.8, 4) is 0 Å². The molecule has 278 valence electrons. The fraction of sp³-hybridized carbons (Fsp3) is 0.371. The molecule has 51 heavy (non-hydrogen) atoms. The highest BCUT2D eigenvalue weighted by Gasteiger charge is 2.38. The average Bonchev–Trinajstić information content (AvgIpc) is 3.09. The SMILES string of the molecule is CCC[C@H](NC[C@H](Cc1ccccc1)NC(=O)c1cc(C(=O)N[C@H](C)c2ccccc2)cc(N(C)S(C)(=O)=O)c1)C(=O)OC.O=C(O)C(F)(F)F. The summed E-state index contributed by atoms with van der Waals surface area (Å²) in [5.74, 6) is -4.09. The summed E-state index contributed by atoms with van der Waals surface area (Å²) in [5, 5.41) is 16.3. The van der Waals surface area contributed by atoms with Crippen molar-refractivity contribution in [2.45, 2.75) is 57.4 Å². The molecule has 0 fully saturated rings. The van der Waals surface area contributed by atoms with Crippen LogP contribution in [-0.2, 0) is 30.8 Å². The van der Waals surface area contributed by atoms with E-state index in [-0.39, 0.29) is 35.4 Å². The van der Waals surface area contributed by atoms with Crippen molar-refractivity contribution in [3.63, 3.8) is 0 Å². The van der Waals surface area contributed by atoms with Gasteiger partial charge in [-0.05, 0) is 49.1 Å². The minimum Gasteiger partial charge on any atom is -0.475 e. The molecule has 0 bridgehead atoms. The molecule has 0 aromatic heterocycles. The first-order valence-electron chi connectivity index (χ1n) is 15.8. The lowest BCUT2D eigenvalue weighted by Crippen LogP contribution is -2.48. The van der Waals surface area contributed by atoms with E-state index in [9.17, 15) is 36.0 Å². The van der Waals surface area contributed by atoms with Gasteiger partial charge in [0, 0.05) is 30.8 Å². The second-order valence-electron chi connectivity index (χ2n) is 11.5. The molecule has 16 heteroatoms. The van der Waals surface area contributed by atoms with E-state index in [1.54, 1.807) is 0 Å². The molecule has 3 aromatic rings. The molecular weight excluding hydrogens is 693 g/mol. The summed E-state index contributed by atoms with van der Waals surface area (Å²) >= 11 is 0. The maximum atomic E-state index is 13.7. The van der Waals surface area contributed by atoms with Crippen LogP contribution < -0.4 is 20.3 Å². The van der Waals surface area contributed by atoms with Gasteiger partial charge in [-0.2, -0.15) is 13.2 Å². The Morgan fingerprint density at radius 2 is 1.41 bits per heavy atom. The van der Waals surface area contributed by atoms with Crippen LogP contribution >= 0.6 is 0 Å². The zero-order valence-electron chi connectivity index (χ0n) is 28.9. The maximum Gasteiger partial charge on any atom is 0.490 e. The lowest BCUT2D eigenvalue weighted by Gasteiger charge is -2.24. The fourth-order valence-electron chi connectivity index (χ4n) is 4.71. The standard InChI is InChI=1S/C33H42N4O6S.C2HF3O2/c1-6-13-30(33(40)43-4)34-22-28(18-24-14-9-7-10-15-24)36-32(39)27-19-26(20-29(21-27)37(3)44(5,41)42)31(38)35-23(2)25-16-11-8-12-17-25;3-2(4,5)1(6)7/h7-12,14-17,19-21,23,28,30,34H,6,13,18,22H2,1-5H3,(H,35,38)(H,36,39);(H,6,7)/t23-,28+,30+;/m1./s1. The molecule has 0 aliphatic rings. The molecular formula is C35H43F3N4O8S. The maximum absolute atomic E-state index is 13.7. The molecule has 0 aliphatic heterocycles. The van der Waals surface area contributed by atoms with Crippen LogP contribution in [-0.4, -0.2) is 82.5 Å². The largest absolute Gasteiger partial charge is 0.490 e. The number of esters is 1. The number of amides is 2. The first-order chi connectivity index (χ1) is 23.9. The van der Waals surface area contributed by atoms with Gasteiger partial charge in [-0.1, -0.05) is 74.0 Å². The van der Waals surface area contributed by atoms with E-state index in [1.165, 1.54) is 32.4 Å². The molecule has 2 amide bonds. The van der Waals surface area contributed by atoms with Crippen LogP contribution in [0.4, 0.5) is 18.9 Å². The predicted octanol–water partition coefficient (Wildman–Crippen LogP) is 4.48. The Labute approximate surface area is 295 Å². The van der Waals surface area contributed by atoms with Crippen LogP contribution in [0.2, 0.25) is 0 Å². The number of sulfonamides is 1. The first-order valence-corrected chi connectivity index (χ1v) is 17.6. The van der Waals surface area contributed by atoms with Crippen LogP contribution in [0.5, 0.6) is 0 Å². The van der Waals surface area contributed by atoms with Crippen molar-refractivity contribution < 1.29 is 50.6 Å². The normalized spacial score (nSPS) is 13.0. The number of aliphatic carboxylic acids is 1. The zero-order valence-corrected chi connectivity index (χ0v) is 29.7. The summed E-state index contributed by atoms with van der Waals surface area (Å²) in [6, 6.07) is 22.0. The zero-order chi connectivity index (χ0) is 38.4. The Morgan fingerprint density at radius 1 is 0.902 bits per heavy atom. The van der Waals surface area contributed by atoms with Gasteiger partial charge < -0.3 is 25.8 Å². The summed E-state index contributed by atoms with van der Waals surface area (Å²) in [6.45, 7) is 4.08. The number of anilines is 1. The number of benzene rings is 3. The Balaban J connectivity index is 0.00000116. The van der Waals surface area contributed by atoms with E-state index in [1.807, 2.05) is 74.5 Å². The monoisotopic (exact) mass is 736 g/mol. The van der Waals surface area contributed by atoms with Crippen LogP contribution in [0.15, 0.2) is 78.9 Å². The number of hydrogen-bond donors (Lipinski definition) is 4. The molecule has 3 atom stereocenters. The van der Waals surface area contributed by atoms with Gasteiger partial charge in [0.1, 0.15) is 6.04 Å². The second kappa shape index (κ2) is 19.4. The molecule has 3 aromatic carbocycles. The first kappa shape index (κ1) is 42.2. The van der Waals surface area contributed by atoms with Crippen molar-refractivity contribution in [2.75, 3.05) is 31.3 Å². The van der Waals surface area contributed by atoms with Gasteiger partial charge in [-0.3, -0.25) is 18.7 Å². The molecule has 0 aliphatic carbocycles. The number of alkyl halides is 3. The Morgan fingerprint density at radius 3 is 1.88 bits per heavy atom. The highest BCUT2D eigenvalue weighted by Crippen LogP contribution is 2.22. The molecule has 0 saturated heterocycles. The lowest BCUT2D eigenvalue weighted by molar-refractivity contribution is -0.192. The molecule has 4 N–H and O–H groups in total. The molecule has 0 heterocycles. The Bertz CT molecular complexity index is 1730. The molecule has 12 nitrogen and oxygen atoms in total. The van der Waals surface area contributed by atoms with Crippen molar-refractivity contribution in [1.29, 1.82) is 0 Å². The summed E-state index contributed by atoms with van der Waals surface area (Å²) in [6.07, 6.45) is -2.24. The molecule has 0 saturated carbocycles. The fourth-order valence-corrected chi connectivity index (χ4v) is 5.20. The Hall–Kier alpha value is -4.96. The van der Waals surface area contributed by atoms with Gasteiger partial charge in [0.05, 0.1) is 25.1 Å². The van der Waals surface area contributed by atoms with Crippen molar-refractivity contribution in [2.24, 2.45) is 0 Å². The number of nitrogens with zero attached hydrogens (tertiary/aromatic N) is 1.